The average molecular weight is 676 g/mol. The number of carboxylic acid groups (broad SMARTS) is 1. The minimum absolute atomic E-state index is 0.117. The SMILES string of the molecule is CCCCCCCCCCCCCCCCN(CCCCCCCCCCCCCCCC)C(C(N)=O)n1cnc(C[C@H](N)C(=O)O)c1. The highest BCUT2D eigenvalue weighted by Crippen LogP contribution is 2.20. The first-order chi connectivity index (χ1) is 23.4. The lowest BCUT2D eigenvalue weighted by Crippen LogP contribution is -2.42. The number of hydrogen-bond donors (Lipinski definition) is 3. The summed E-state index contributed by atoms with van der Waals surface area (Å²) in [5, 5.41) is 9.21. The highest BCUT2D eigenvalue weighted by atomic mass is 16.4. The molecule has 8 heteroatoms. The van der Waals surface area contributed by atoms with Crippen LogP contribution in [0.2, 0.25) is 0 Å². The second-order valence-electron chi connectivity index (χ2n) is 14.5. The number of primary amides is 1. The van der Waals surface area contributed by atoms with E-state index in [1.165, 1.54) is 154 Å². The third-order valence-electron chi connectivity index (χ3n) is 9.88. The summed E-state index contributed by atoms with van der Waals surface area (Å²) < 4.78 is 1.75. The zero-order valence-electron chi connectivity index (χ0n) is 31.5. The van der Waals surface area contributed by atoms with Gasteiger partial charge in [-0.05, 0) is 12.8 Å². The van der Waals surface area contributed by atoms with Crippen molar-refractivity contribution in [2.24, 2.45) is 11.5 Å². The van der Waals surface area contributed by atoms with Crippen LogP contribution in [0.1, 0.15) is 205 Å². The Morgan fingerprint density at radius 1 is 0.646 bits per heavy atom. The van der Waals surface area contributed by atoms with Gasteiger partial charge in [0, 0.05) is 25.7 Å². The minimum Gasteiger partial charge on any atom is -0.480 e. The van der Waals surface area contributed by atoms with Gasteiger partial charge in [-0.2, -0.15) is 0 Å². The summed E-state index contributed by atoms with van der Waals surface area (Å²) in [5.74, 6) is -1.47. The van der Waals surface area contributed by atoms with E-state index < -0.39 is 24.1 Å². The number of unbranched alkanes of at least 4 members (excludes halogenated alkanes) is 26. The molecule has 0 bridgehead atoms. The van der Waals surface area contributed by atoms with Crippen LogP contribution < -0.4 is 11.5 Å². The third kappa shape index (κ3) is 23.4. The lowest BCUT2D eigenvalue weighted by atomic mass is 10.0. The normalized spacial score (nSPS) is 12.9. The van der Waals surface area contributed by atoms with E-state index in [0.29, 0.717) is 5.69 Å². The van der Waals surface area contributed by atoms with Crippen molar-refractivity contribution in [1.82, 2.24) is 14.5 Å². The quantitative estimate of drug-likeness (QED) is 0.0608. The zero-order chi connectivity index (χ0) is 35.1. The van der Waals surface area contributed by atoms with Crippen LogP contribution in [0, 0.1) is 0 Å². The van der Waals surface area contributed by atoms with E-state index in [1.807, 2.05) is 0 Å². The Morgan fingerprint density at radius 3 is 1.29 bits per heavy atom. The smallest absolute Gasteiger partial charge is 0.320 e. The lowest BCUT2D eigenvalue weighted by molar-refractivity contribution is -0.138. The monoisotopic (exact) mass is 676 g/mol. The molecular weight excluding hydrogens is 598 g/mol. The maximum Gasteiger partial charge on any atom is 0.320 e. The Labute approximate surface area is 295 Å². The number of imidazole rings is 1. The molecule has 0 aromatic carbocycles. The average Bonchev–Trinajstić information content (AvgIpc) is 3.52. The predicted molar refractivity (Wildman–Crippen MR) is 202 cm³/mol. The van der Waals surface area contributed by atoms with Crippen molar-refractivity contribution in [3.05, 3.63) is 18.2 Å². The van der Waals surface area contributed by atoms with Crippen molar-refractivity contribution in [2.75, 3.05) is 13.1 Å². The summed E-state index contributed by atoms with van der Waals surface area (Å²) in [5.41, 5.74) is 12.3. The molecule has 48 heavy (non-hydrogen) atoms. The highest BCUT2D eigenvalue weighted by Gasteiger charge is 2.26. The Kier molecular flexibility index (Phi) is 28.5. The van der Waals surface area contributed by atoms with Crippen LogP contribution in [0.25, 0.3) is 0 Å². The van der Waals surface area contributed by atoms with E-state index in [0.717, 1.165) is 38.8 Å². The summed E-state index contributed by atoms with van der Waals surface area (Å²) in [6, 6.07) is -1.03. The molecule has 2 atom stereocenters. The third-order valence-corrected chi connectivity index (χ3v) is 9.88. The number of amides is 1. The topological polar surface area (TPSA) is 127 Å². The minimum atomic E-state index is -1.06. The van der Waals surface area contributed by atoms with Crippen molar-refractivity contribution < 1.29 is 14.7 Å². The molecule has 1 rings (SSSR count). The van der Waals surface area contributed by atoms with Crippen molar-refractivity contribution in [1.29, 1.82) is 0 Å². The van der Waals surface area contributed by atoms with Crippen LogP contribution >= 0.6 is 0 Å². The molecule has 1 unspecified atom stereocenters. The summed E-state index contributed by atoms with van der Waals surface area (Å²) in [4.78, 5) is 30.6. The van der Waals surface area contributed by atoms with Crippen LogP contribution in [-0.4, -0.2) is 50.6 Å². The van der Waals surface area contributed by atoms with Gasteiger partial charge < -0.3 is 21.1 Å². The molecule has 0 aliphatic heterocycles. The first kappa shape index (κ1) is 44.1. The van der Waals surface area contributed by atoms with Gasteiger partial charge in [-0.1, -0.05) is 181 Å². The number of carbonyl (C=O) groups excluding carboxylic acids is 1. The molecule has 8 nitrogen and oxygen atoms in total. The Hall–Kier alpha value is -1.93. The molecule has 1 heterocycles. The molecule has 0 aliphatic rings. The number of hydrogen-bond acceptors (Lipinski definition) is 5. The first-order valence-electron chi connectivity index (χ1n) is 20.4. The summed E-state index contributed by atoms with van der Waals surface area (Å²) in [7, 11) is 0. The van der Waals surface area contributed by atoms with Gasteiger partial charge in [0.15, 0.2) is 6.17 Å². The number of rotatable bonds is 36. The Bertz CT molecular complexity index is 860. The molecule has 0 radical (unpaired) electrons. The molecule has 1 aromatic heterocycles. The number of aromatic nitrogens is 2. The van der Waals surface area contributed by atoms with Crippen LogP contribution in [0.5, 0.6) is 0 Å². The van der Waals surface area contributed by atoms with Gasteiger partial charge in [0.2, 0.25) is 0 Å². The van der Waals surface area contributed by atoms with E-state index in [-0.39, 0.29) is 6.42 Å². The molecule has 0 spiro atoms. The fraction of sp³-hybridized carbons (Fsp3) is 0.875. The van der Waals surface area contributed by atoms with Gasteiger partial charge in [0.05, 0.1) is 12.0 Å². The van der Waals surface area contributed by atoms with Crippen molar-refractivity contribution in [3.63, 3.8) is 0 Å². The molecular formula is C40H77N5O3. The molecule has 0 saturated heterocycles. The molecule has 0 aliphatic carbocycles. The second-order valence-corrected chi connectivity index (χ2v) is 14.5. The fourth-order valence-corrected chi connectivity index (χ4v) is 6.82. The summed E-state index contributed by atoms with van der Waals surface area (Å²) in [6.45, 7) is 6.17. The molecule has 5 N–H and O–H groups in total. The van der Waals surface area contributed by atoms with Crippen LogP contribution in [-0.2, 0) is 16.0 Å². The number of carboxylic acids is 1. The van der Waals surface area contributed by atoms with E-state index in [9.17, 15) is 14.7 Å². The van der Waals surface area contributed by atoms with E-state index >= 15 is 0 Å². The van der Waals surface area contributed by atoms with Crippen LogP contribution in [0.4, 0.5) is 0 Å². The number of aliphatic carboxylic acids is 1. The van der Waals surface area contributed by atoms with Crippen molar-refractivity contribution in [2.45, 2.75) is 212 Å². The fourth-order valence-electron chi connectivity index (χ4n) is 6.82. The second kappa shape index (κ2) is 31.1. The van der Waals surface area contributed by atoms with Crippen molar-refractivity contribution >= 4 is 11.9 Å². The Morgan fingerprint density at radius 2 is 0.979 bits per heavy atom. The highest BCUT2D eigenvalue weighted by molar-refractivity contribution is 5.78. The lowest BCUT2D eigenvalue weighted by Gasteiger charge is -2.30. The number of carbonyl (C=O) groups is 2. The molecule has 1 amide bonds. The van der Waals surface area contributed by atoms with Gasteiger partial charge in [-0.25, -0.2) is 4.98 Å². The van der Waals surface area contributed by atoms with Crippen LogP contribution in [0.15, 0.2) is 12.5 Å². The first-order valence-corrected chi connectivity index (χ1v) is 20.4. The van der Waals surface area contributed by atoms with E-state index in [2.05, 4.69) is 23.7 Å². The molecule has 1 aromatic rings. The van der Waals surface area contributed by atoms with Gasteiger partial charge in [0.1, 0.15) is 6.04 Å². The Balaban J connectivity index is 2.45. The van der Waals surface area contributed by atoms with Gasteiger partial charge in [-0.15, -0.1) is 0 Å². The maximum atomic E-state index is 12.8. The van der Waals surface area contributed by atoms with E-state index in [4.69, 9.17) is 11.5 Å². The van der Waals surface area contributed by atoms with Crippen molar-refractivity contribution in [3.8, 4) is 0 Å². The molecule has 0 saturated carbocycles. The standard InChI is InChI=1S/C40H77N5O3/c1-3-5-7-9-11-13-15-17-19-21-23-25-27-29-31-44(32-30-28-26-24-22-20-18-16-14-12-10-8-6-4-2)39(38(42)46)45-34-36(43-35-45)33-37(41)40(47)48/h34-35,37,39H,3-33,41H2,1-2H3,(H2,42,46)(H,47,48)/t37-,39?/m0/s1. The molecule has 280 valence electrons. The predicted octanol–water partition coefficient (Wildman–Crippen LogP) is 10.1. The van der Waals surface area contributed by atoms with Gasteiger partial charge in [-0.3, -0.25) is 14.5 Å². The number of nitrogens with two attached hydrogens (primary N) is 2. The van der Waals surface area contributed by atoms with Crippen LogP contribution in [0.3, 0.4) is 0 Å². The van der Waals surface area contributed by atoms with Gasteiger partial charge in [0.25, 0.3) is 5.91 Å². The molecule has 0 fully saturated rings. The maximum absolute atomic E-state index is 12.8. The summed E-state index contributed by atoms with van der Waals surface area (Å²) >= 11 is 0. The van der Waals surface area contributed by atoms with Gasteiger partial charge >= 0.3 is 5.97 Å². The van der Waals surface area contributed by atoms with E-state index in [1.54, 1.807) is 17.1 Å². The zero-order valence-corrected chi connectivity index (χ0v) is 31.5. The summed E-state index contributed by atoms with van der Waals surface area (Å²) in [6.07, 6.45) is 39.7. The largest absolute Gasteiger partial charge is 0.480 e. The number of nitrogens with zero attached hydrogens (tertiary/aromatic N) is 3.